The van der Waals surface area contributed by atoms with E-state index >= 15 is 0 Å². The summed E-state index contributed by atoms with van der Waals surface area (Å²) in [4.78, 5) is 0. The molecule has 58 valence electrons. The van der Waals surface area contributed by atoms with Gasteiger partial charge in [-0.1, -0.05) is 0 Å². The van der Waals surface area contributed by atoms with Gasteiger partial charge in [0.1, 0.15) is 0 Å². The van der Waals surface area contributed by atoms with Gasteiger partial charge in [0.2, 0.25) is 0 Å². The Kier molecular flexibility index (Phi) is 1.66. The third-order valence-electron chi connectivity index (χ3n) is 2.65. The molecule has 0 amide bonds. The molecule has 2 aliphatic heterocycles. The smallest absolute Gasteiger partial charge is 0.0583 e. The van der Waals surface area contributed by atoms with Crippen LogP contribution in [0.5, 0.6) is 0 Å². The zero-order valence-corrected chi connectivity index (χ0v) is 6.12. The van der Waals surface area contributed by atoms with Gasteiger partial charge in [-0.3, -0.25) is 0 Å². The highest BCUT2D eigenvalue weighted by Gasteiger charge is 2.34. The van der Waals surface area contributed by atoms with Gasteiger partial charge in [0.25, 0.3) is 0 Å². The van der Waals surface area contributed by atoms with Crippen molar-refractivity contribution in [1.29, 1.82) is 0 Å². The van der Waals surface area contributed by atoms with Gasteiger partial charge >= 0.3 is 0 Å². The first-order valence-electron chi connectivity index (χ1n) is 4.15. The number of ether oxygens (including phenoxy) is 1. The lowest BCUT2D eigenvalue weighted by atomic mass is 9.97. The summed E-state index contributed by atoms with van der Waals surface area (Å²) in [5, 5.41) is 8.90. The fourth-order valence-electron chi connectivity index (χ4n) is 2.12. The standard InChI is InChI=1S/C8H14O2/c9-5-6-3-7-1-2-8(4-6)10-7/h6-9H,1-5H2. The minimum Gasteiger partial charge on any atom is -0.396 e. The molecule has 2 heterocycles. The lowest BCUT2D eigenvalue weighted by Gasteiger charge is -2.26. The SMILES string of the molecule is OCC1CC2CCC(C1)O2. The van der Waals surface area contributed by atoms with Gasteiger partial charge < -0.3 is 9.84 Å². The summed E-state index contributed by atoms with van der Waals surface area (Å²) >= 11 is 0. The van der Waals surface area contributed by atoms with Crippen LogP contribution in [0.25, 0.3) is 0 Å². The van der Waals surface area contributed by atoms with Gasteiger partial charge in [-0.15, -0.1) is 0 Å². The van der Waals surface area contributed by atoms with E-state index in [9.17, 15) is 0 Å². The number of fused-ring (bicyclic) bond motifs is 2. The number of aliphatic hydroxyl groups is 1. The van der Waals surface area contributed by atoms with Crippen LogP contribution in [0.2, 0.25) is 0 Å². The maximum absolute atomic E-state index is 8.90. The molecule has 2 bridgehead atoms. The Bertz CT molecular complexity index is 112. The van der Waals surface area contributed by atoms with Crippen LogP contribution in [0.15, 0.2) is 0 Å². The van der Waals surface area contributed by atoms with Crippen molar-refractivity contribution in [3.8, 4) is 0 Å². The van der Waals surface area contributed by atoms with E-state index in [0.29, 0.717) is 24.7 Å². The van der Waals surface area contributed by atoms with Crippen LogP contribution < -0.4 is 0 Å². The van der Waals surface area contributed by atoms with Crippen molar-refractivity contribution in [2.45, 2.75) is 37.9 Å². The third-order valence-corrected chi connectivity index (χ3v) is 2.65. The van der Waals surface area contributed by atoms with E-state index in [-0.39, 0.29) is 0 Å². The molecular formula is C8H14O2. The van der Waals surface area contributed by atoms with Gasteiger partial charge in [0, 0.05) is 6.61 Å². The zero-order valence-electron chi connectivity index (χ0n) is 6.12. The van der Waals surface area contributed by atoms with Crippen molar-refractivity contribution < 1.29 is 9.84 Å². The molecule has 10 heavy (non-hydrogen) atoms. The number of rotatable bonds is 1. The Morgan fingerprint density at radius 1 is 1.20 bits per heavy atom. The molecule has 2 heteroatoms. The fraction of sp³-hybridized carbons (Fsp3) is 1.00. The second-order valence-corrected chi connectivity index (χ2v) is 3.48. The molecule has 1 N–H and O–H groups in total. The molecule has 0 aromatic carbocycles. The van der Waals surface area contributed by atoms with Crippen LogP contribution in [-0.2, 0) is 4.74 Å². The molecule has 2 nitrogen and oxygen atoms in total. The molecule has 0 spiro atoms. The van der Waals surface area contributed by atoms with E-state index < -0.39 is 0 Å². The number of hydrogen-bond donors (Lipinski definition) is 1. The number of aliphatic hydroxyl groups excluding tert-OH is 1. The molecule has 0 aromatic heterocycles. The van der Waals surface area contributed by atoms with Crippen molar-refractivity contribution >= 4 is 0 Å². The molecule has 2 saturated heterocycles. The average molecular weight is 142 g/mol. The molecule has 0 saturated carbocycles. The Hall–Kier alpha value is -0.0800. The van der Waals surface area contributed by atoms with Gasteiger partial charge in [0.15, 0.2) is 0 Å². The molecule has 0 aliphatic carbocycles. The van der Waals surface area contributed by atoms with Crippen LogP contribution in [0.4, 0.5) is 0 Å². The molecule has 2 rings (SSSR count). The average Bonchev–Trinajstić information content (AvgIpc) is 2.30. The van der Waals surface area contributed by atoms with E-state index in [1.165, 1.54) is 12.8 Å². The van der Waals surface area contributed by atoms with Crippen LogP contribution >= 0.6 is 0 Å². The van der Waals surface area contributed by atoms with Gasteiger partial charge in [-0.25, -0.2) is 0 Å². The highest BCUT2D eigenvalue weighted by molar-refractivity contribution is 4.83. The maximum Gasteiger partial charge on any atom is 0.0583 e. The van der Waals surface area contributed by atoms with E-state index in [0.717, 1.165) is 12.8 Å². The van der Waals surface area contributed by atoms with Gasteiger partial charge in [0.05, 0.1) is 12.2 Å². The van der Waals surface area contributed by atoms with E-state index in [1.807, 2.05) is 0 Å². The first-order valence-corrected chi connectivity index (χ1v) is 4.15. The summed E-state index contributed by atoms with van der Waals surface area (Å²) in [7, 11) is 0. The Balaban J connectivity index is 1.96. The summed E-state index contributed by atoms with van der Waals surface area (Å²) in [5.74, 6) is 0.534. The second-order valence-electron chi connectivity index (χ2n) is 3.48. The van der Waals surface area contributed by atoms with Crippen molar-refractivity contribution in [3.63, 3.8) is 0 Å². The van der Waals surface area contributed by atoms with Crippen molar-refractivity contribution in [2.75, 3.05) is 6.61 Å². The van der Waals surface area contributed by atoms with Crippen molar-refractivity contribution in [2.24, 2.45) is 5.92 Å². The number of hydrogen-bond acceptors (Lipinski definition) is 2. The molecule has 0 radical (unpaired) electrons. The molecule has 0 aromatic rings. The van der Waals surface area contributed by atoms with Crippen LogP contribution in [0.1, 0.15) is 25.7 Å². The third kappa shape index (κ3) is 1.06. The minimum atomic E-state index is 0.358. The zero-order chi connectivity index (χ0) is 6.97. The predicted octanol–water partition coefficient (Wildman–Crippen LogP) is 0.936. The molecule has 2 unspecified atom stereocenters. The summed E-state index contributed by atoms with van der Waals surface area (Å²) in [5.41, 5.74) is 0. The van der Waals surface area contributed by atoms with E-state index in [2.05, 4.69) is 0 Å². The van der Waals surface area contributed by atoms with E-state index in [4.69, 9.17) is 9.84 Å². The lowest BCUT2D eigenvalue weighted by Crippen LogP contribution is -2.26. The minimum absolute atomic E-state index is 0.358. The normalized spacial score (nSPS) is 45.9. The molecule has 2 fully saturated rings. The van der Waals surface area contributed by atoms with Crippen LogP contribution in [-0.4, -0.2) is 23.9 Å². The molecule has 2 aliphatic rings. The summed E-state index contributed by atoms with van der Waals surface area (Å²) in [6.07, 6.45) is 5.59. The first-order chi connectivity index (χ1) is 4.88. The largest absolute Gasteiger partial charge is 0.396 e. The fourth-order valence-corrected chi connectivity index (χ4v) is 2.12. The quantitative estimate of drug-likeness (QED) is 0.590. The van der Waals surface area contributed by atoms with Crippen molar-refractivity contribution in [3.05, 3.63) is 0 Å². The summed E-state index contributed by atoms with van der Waals surface area (Å²) in [6.45, 7) is 0.358. The second kappa shape index (κ2) is 2.51. The Morgan fingerprint density at radius 2 is 1.80 bits per heavy atom. The highest BCUT2D eigenvalue weighted by Crippen LogP contribution is 2.35. The summed E-state index contributed by atoms with van der Waals surface area (Å²) in [6, 6.07) is 0. The first kappa shape index (κ1) is 6.62. The molecular weight excluding hydrogens is 128 g/mol. The summed E-state index contributed by atoms with van der Waals surface area (Å²) < 4.78 is 5.62. The van der Waals surface area contributed by atoms with Crippen molar-refractivity contribution in [1.82, 2.24) is 0 Å². The monoisotopic (exact) mass is 142 g/mol. The van der Waals surface area contributed by atoms with Gasteiger partial charge in [-0.2, -0.15) is 0 Å². The Morgan fingerprint density at radius 3 is 2.30 bits per heavy atom. The Labute approximate surface area is 61.2 Å². The van der Waals surface area contributed by atoms with Gasteiger partial charge in [-0.05, 0) is 31.6 Å². The highest BCUT2D eigenvalue weighted by atomic mass is 16.5. The lowest BCUT2D eigenvalue weighted by molar-refractivity contribution is -0.0308. The van der Waals surface area contributed by atoms with E-state index in [1.54, 1.807) is 0 Å². The topological polar surface area (TPSA) is 29.5 Å². The van der Waals surface area contributed by atoms with Crippen LogP contribution in [0, 0.1) is 5.92 Å². The molecule has 2 atom stereocenters. The van der Waals surface area contributed by atoms with Crippen LogP contribution in [0.3, 0.4) is 0 Å². The maximum atomic E-state index is 8.90. The predicted molar refractivity (Wildman–Crippen MR) is 37.7 cm³/mol.